The van der Waals surface area contributed by atoms with Crippen LogP contribution in [0.1, 0.15) is 69.7 Å². The normalized spacial score (nSPS) is 28.8. The zero-order valence-electron chi connectivity index (χ0n) is 15.2. The molecule has 3 aliphatic rings. The van der Waals surface area contributed by atoms with Gasteiger partial charge >= 0.3 is 0 Å². The van der Waals surface area contributed by atoms with Crippen molar-refractivity contribution in [3.8, 4) is 0 Å². The third-order valence-corrected chi connectivity index (χ3v) is 7.20. The fourth-order valence-corrected chi connectivity index (χ4v) is 5.87. The number of amides is 1. The van der Waals surface area contributed by atoms with Gasteiger partial charge in [-0.05, 0) is 56.6 Å². The Kier molecular flexibility index (Phi) is 5.34. The lowest BCUT2D eigenvalue weighted by Crippen LogP contribution is -2.34. The molecule has 5 nitrogen and oxygen atoms in total. The van der Waals surface area contributed by atoms with Crippen molar-refractivity contribution in [2.45, 2.75) is 75.4 Å². The molecule has 4 rings (SSSR count). The number of carbonyl (C=O) groups excluding carboxylic acids is 1. The molecule has 3 saturated carbocycles. The van der Waals surface area contributed by atoms with Crippen LogP contribution in [0.25, 0.3) is 0 Å². The molecule has 3 aliphatic carbocycles. The first kappa shape index (κ1) is 17.4. The van der Waals surface area contributed by atoms with Gasteiger partial charge in [0.25, 0.3) is 0 Å². The van der Waals surface area contributed by atoms with Crippen molar-refractivity contribution in [1.82, 2.24) is 20.1 Å². The quantitative estimate of drug-likeness (QED) is 0.595. The minimum absolute atomic E-state index is 0.295. The van der Waals surface area contributed by atoms with Crippen molar-refractivity contribution >= 4 is 17.7 Å². The van der Waals surface area contributed by atoms with Crippen LogP contribution in [0.3, 0.4) is 0 Å². The second-order valence-corrected chi connectivity index (χ2v) is 8.86. The minimum Gasteiger partial charge on any atom is -0.356 e. The van der Waals surface area contributed by atoms with E-state index in [1.165, 1.54) is 44.9 Å². The highest BCUT2D eigenvalue weighted by Crippen LogP contribution is 2.48. The average molecular weight is 363 g/mol. The van der Waals surface area contributed by atoms with E-state index in [9.17, 15) is 4.79 Å². The maximum absolute atomic E-state index is 12.4. The molecule has 3 atom stereocenters. The first-order valence-electron chi connectivity index (χ1n) is 10.0. The molecular weight excluding hydrogens is 332 g/mol. The lowest BCUT2D eigenvalue weighted by molar-refractivity contribution is -0.126. The standard InChI is InChI=1S/C19H30N4OS/c1-25-19-22-21-17(23(19)15-5-2-3-6-15)7-4-10-20-18(24)16-12-13-8-9-14(16)11-13/h13-16H,2-12H2,1H3,(H,20,24). The number of thioether (sulfide) groups is 1. The minimum atomic E-state index is 0.295. The summed E-state index contributed by atoms with van der Waals surface area (Å²) in [4.78, 5) is 12.4. The summed E-state index contributed by atoms with van der Waals surface area (Å²) in [5.41, 5.74) is 0. The van der Waals surface area contributed by atoms with Crippen LogP contribution in [0, 0.1) is 17.8 Å². The maximum Gasteiger partial charge on any atom is 0.223 e. The number of aromatic nitrogens is 3. The number of hydrogen-bond donors (Lipinski definition) is 1. The van der Waals surface area contributed by atoms with Crippen molar-refractivity contribution in [1.29, 1.82) is 0 Å². The SMILES string of the molecule is CSc1nnc(CCCNC(=O)C2CC3CCC2C3)n1C1CCCC1. The summed E-state index contributed by atoms with van der Waals surface area (Å²) < 4.78 is 2.37. The first-order chi connectivity index (χ1) is 12.3. The Labute approximate surface area is 154 Å². The van der Waals surface area contributed by atoms with Gasteiger partial charge in [-0.25, -0.2) is 0 Å². The molecule has 1 aromatic heterocycles. The van der Waals surface area contributed by atoms with Gasteiger partial charge in [0.15, 0.2) is 5.16 Å². The van der Waals surface area contributed by atoms with Gasteiger partial charge in [0.2, 0.25) is 5.91 Å². The fourth-order valence-electron chi connectivity index (χ4n) is 5.30. The number of aryl methyl sites for hydroxylation is 1. The van der Waals surface area contributed by atoms with Crippen LogP contribution < -0.4 is 5.32 Å². The smallest absolute Gasteiger partial charge is 0.223 e. The van der Waals surface area contributed by atoms with E-state index in [4.69, 9.17) is 0 Å². The predicted octanol–water partition coefficient (Wildman–Crippen LogP) is 3.60. The van der Waals surface area contributed by atoms with E-state index in [1.807, 2.05) is 0 Å². The second kappa shape index (κ2) is 7.68. The van der Waals surface area contributed by atoms with Gasteiger partial charge in [0.05, 0.1) is 0 Å². The highest BCUT2D eigenvalue weighted by Gasteiger charge is 2.42. The van der Waals surface area contributed by atoms with Gasteiger partial charge in [-0.1, -0.05) is 31.0 Å². The van der Waals surface area contributed by atoms with Crippen LogP contribution in [-0.2, 0) is 11.2 Å². The summed E-state index contributed by atoms with van der Waals surface area (Å²) in [5, 5.41) is 13.0. The summed E-state index contributed by atoms with van der Waals surface area (Å²) in [7, 11) is 0. The third-order valence-electron chi connectivity index (χ3n) is 6.56. The molecule has 1 heterocycles. The molecule has 6 heteroatoms. The van der Waals surface area contributed by atoms with E-state index in [0.29, 0.717) is 23.8 Å². The Morgan fingerprint density at radius 1 is 1.20 bits per heavy atom. The number of nitrogens with one attached hydrogen (secondary N) is 1. The summed E-state index contributed by atoms with van der Waals surface area (Å²) in [6, 6.07) is 0.580. The largest absolute Gasteiger partial charge is 0.356 e. The molecule has 1 amide bonds. The molecule has 0 saturated heterocycles. The summed E-state index contributed by atoms with van der Waals surface area (Å²) >= 11 is 1.69. The van der Waals surface area contributed by atoms with Gasteiger partial charge in [0, 0.05) is 24.9 Å². The van der Waals surface area contributed by atoms with E-state index in [-0.39, 0.29) is 0 Å². The van der Waals surface area contributed by atoms with Crippen LogP contribution in [0.5, 0.6) is 0 Å². The van der Waals surface area contributed by atoms with E-state index in [0.717, 1.165) is 42.7 Å². The molecule has 1 aromatic rings. The van der Waals surface area contributed by atoms with Gasteiger partial charge in [0.1, 0.15) is 5.82 Å². The molecule has 2 bridgehead atoms. The van der Waals surface area contributed by atoms with Crippen molar-refractivity contribution in [3.63, 3.8) is 0 Å². The average Bonchev–Trinajstić information content (AvgIpc) is 3.41. The number of fused-ring (bicyclic) bond motifs is 2. The van der Waals surface area contributed by atoms with Gasteiger partial charge in [-0.3, -0.25) is 4.79 Å². The second-order valence-electron chi connectivity index (χ2n) is 8.09. The molecule has 138 valence electrons. The molecular formula is C19H30N4OS. The fraction of sp³-hybridized carbons (Fsp3) is 0.842. The number of hydrogen-bond acceptors (Lipinski definition) is 4. The summed E-state index contributed by atoms with van der Waals surface area (Å²) in [5.74, 6) is 3.19. The van der Waals surface area contributed by atoms with Gasteiger partial charge in [-0.15, -0.1) is 10.2 Å². The van der Waals surface area contributed by atoms with Gasteiger partial charge in [-0.2, -0.15) is 0 Å². The third kappa shape index (κ3) is 3.60. The number of nitrogens with zero attached hydrogens (tertiary/aromatic N) is 3. The van der Waals surface area contributed by atoms with Crippen molar-refractivity contribution in [3.05, 3.63) is 5.82 Å². The zero-order chi connectivity index (χ0) is 17.2. The molecule has 0 radical (unpaired) electrons. The number of carbonyl (C=O) groups is 1. The van der Waals surface area contributed by atoms with Crippen molar-refractivity contribution in [2.75, 3.05) is 12.8 Å². The maximum atomic E-state index is 12.4. The monoisotopic (exact) mass is 362 g/mol. The molecule has 25 heavy (non-hydrogen) atoms. The molecule has 0 aliphatic heterocycles. The summed E-state index contributed by atoms with van der Waals surface area (Å²) in [6.45, 7) is 0.763. The van der Waals surface area contributed by atoms with E-state index in [1.54, 1.807) is 11.8 Å². The lowest BCUT2D eigenvalue weighted by Gasteiger charge is -2.20. The highest BCUT2D eigenvalue weighted by atomic mass is 32.2. The molecule has 3 fully saturated rings. The highest BCUT2D eigenvalue weighted by molar-refractivity contribution is 7.98. The van der Waals surface area contributed by atoms with Crippen LogP contribution in [0.2, 0.25) is 0 Å². The lowest BCUT2D eigenvalue weighted by atomic mass is 9.88. The molecule has 0 aromatic carbocycles. The van der Waals surface area contributed by atoms with E-state index >= 15 is 0 Å². The Balaban J connectivity index is 1.27. The van der Waals surface area contributed by atoms with Gasteiger partial charge < -0.3 is 9.88 Å². The van der Waals surface area contributed by atoms with Crippen LogP contribution >= 0.6 is 11.8 Å². The first-order valence-corrected chi connectivity index (χ1v) is 11.2. The van der Waals surface area contributed by atoms with Crippen molar-refractivity contribution < 1.29 is 4.79 Å². The van der Waals surface area contributed by atoms with E-state index < -0.39 is 0 Å². The molecule has 3 unspecified atom stereocenters. The molecule has 1 N–H and O–H groups in total. The van der Waals surface area contributed by atoms with E-state index in [2.05, 4.69) is 26.3 Å². The summed E-state index contributed by atoms with van der Waals surface area (Å²) in [6.07, 6.45) is 14.1. The Hall–Kier alpha value is -1.04. The Bertz CT molecular complexity index is 611. The van der Waals surface area contributed by atoms with Crippen molar-refractivity contribution in [2.24, 2.45) is 17.8 Å². The van der Waals surface area contributed by atoms with Crippen LogP contribution in [0.4, 0.5) is 0 Å². The topological polar surface area (TPSA) is 59.8 Å². The zero-order valence-corrected chi connectivity index (χ0v) is 16.1. The van der Waals surface area contributed by atoms with Crippen LogP contribution in [-0.4, -0.2) is 33.5 Å². The molecule has 0 spiro atoms. The Morgan fingerprint density at radius 2 is 2.04 bits per heavy atom. The van der Waals surface area contributed by atoms with Crippen LogP contribution in [0.15, 0.2) is 5.16 Å². The number of rotatable bonds is 7. The Morgan fingerprint density at radius 3 is 2.72 bits per heavy atom. The predicted molar refractivity (Wildman–Crippen MR) is 99.6 cm³/mol.